The number of esters is 1. The highest BCUT2D eigenvalue weighted by Crippen LogP contribution is 2.26. The smallest absolute Gasteiger partial charge is 0.338 e. The molecule has 0 aliphatic rings. The first-order chi connectivity index (χ1) is 12.5. The predicted octanol–water partition coefficient (Wildman–Crippen LogP) is 4.14. The van der Waals surface area contributed by atoms with Crippen LogP contribution in [0.1, 0.15) is 42.1 Å². The zero-order valence-electron chi connectivity index (χ0n) is 15.0. The molecule has 1 atom stereocenters. The number of nitrogens with one attached hydrogen (secondary N) is 1. The average molecular weight is 359 g/mol. The zero-order chi connectivity index (χ0) is 19.1. The van der Waals surface area contributed by atoms with E-state index < -0.39 is 24.3 Å². The van der Waals surface area contributed by atoms with Crippen LogP contribution in [0.2, 0.25) is 0 Å². The molecule has 0 aliphatic carbocycles. The van der Waals surface area contributed by atoms with Crippen molar-refractivity contribution in [2.75, 3.05) is 19.0 Å². The first-order valence-corrected chi connectivity index (χ1v) is 8.35. The first-order valence-electron chi connectivity index (χ1n) is 8.35. The Morgan fingerprint density at radius 1 is 1.19 bits per heavy atom. The lowest BCUT2D eigenvalue weighted by atomic mass is 9.97. The van der Waals surface area contributed by atoms with Gasteiger partial charge in [-0.3, -0.25) is 4.79 Å². The minimum Gasteiger partial charge on any atom is -0.494 e. The van der Waals surface area contributed by atoms with Crippen molar-refractivity contribution in [2.45, 2.75) is 26.2 Å². The molecule has 0 heterocycles. The summed E-state index contributed by atoms with van der Waals surface area (Å²) in [4.78, 5) is 24.1. The zero-order valence-corrected chi connectivity index (χ0v) is 15.0. The van der Waals surface area contributed by atoms with Crippen molar-refractivity contribution in [3.05, 3.63) is 59.4 Å². The van der Waals surface area contributed by atoms with E-state index in [4.69, 9.17) is 9.47 Å². The van der Waals surface area contributed by atoms with Crippen LogP contribution < -0.4 is 10.1 Å². The quantitative estimate of drug-likeness (QED) is 0.755. The molecule has 1 N–H and O–H groups in total. The van der Waals surface area contributed by atoms with Gasteiger partial charge in [0.1, 0.15) is 0 Å². The monoisotopic (exact) mass is 359 g/mol. The fourth-order valence-corrected chi connectivity index (χ4v) is 2.45. The Balaban J connectivity index is 1.97. The van der Waals surface area contributed by atoms with Gasteiger partial charge in [0, 0.05) is 5.69 Å². The summed E-state index contributed by atoms with van der Waals surface area (Å²) in [5.74, 6) is -1.59. The highest BCUT2D eigenvalue weighted by atomic mass is 19.1. The molecule has 0 fully saturated rings. The van der Waals surface area contributed by atoms with Crippen LogP contribution in [-0.2, 0) is 9.53 Å². The van der Waals surface area contributed by atoms with Crippen molar-refractivity contribution < 1.29 is 23.5 Å². The van der Waals surface area contributed by atoms with Crippen LogP contribution in [-0.4, -0.2) is 25.6 Å². The molecule has 2 rings (SSSR count). The predicted molar refractivity (Wildman–Crippen MR) is 97.0 cm³/mol. The molecule has 0 saturated heterocycles. The Labute approximate surface area is 152 Å². The summed E-state index contributed by atoms with van der Waals surface area (Å²) in [6, 6.07) is 11.2. The van der Waals surface area contributed by atoms with Crippen LogP contribution in [0.5, 0.6) is 5.75 Å². The van der Waals surface area contributed by atoms with Gasteiger partial charge in [0.2, 0.25) is 0 Å². The summed E-state index contributed by atoms with van der Waals surface area (Å²) < 4.78 is 23.4. The molecular weight excluding hydrogens is 337 g/mol. The molecule has 2 aromatic carbocycles. The second-order valence-corrected chi connectivity index (χ2v) is 5.87. The van der Waals surface area contributed by atoms with Crippen LogP contribution in [0.25, 0.3) is 0 Å². The molecule has 0 unspecified atom stereocenters. The third-order valence-electron chi connectivity index (χ3n) is 4.10. The number of methoxy groups -OCH3 is 1. The van der Waals surface area contributed by atoms with E-state index in [0.29, 0.717) is 5.69 Å². The molecule has 26 heavy (non-hydrogen) atoms. The van der Waals surface area contributed by atoms with Gasteiger partial charge in [0.05, 0.1) is 12.7 Å². The SMILES string of the molecule is CC[C@H](C)c1ccccc1NC(=O)COC(=O)c1ccc(OC)c(F)c1. The van der Waals surface area contributed by atoms with E-state index in [1.165, 1.54) is 19.2 Å². The van der Waals surface area contributed by atoms with Gasteiger partial charge in [0.25, 0.3) is 5.91 Å². The number of ether oxygens (including phenoxy) is 2. The number of benzene rings is 2. The van der Waals surface area contributed by atoms with Gasteiger partial charge < -0.3 is 14.8 Å². The van der Waals surface area contributed by atoms with E-state index in [0.717, 1.165) is 18.1 Å². The molecular formula is C20H22FNO4. The Kier molecular flexibility index (Phi) is 6.72. The molecule has 138 valence electrons. The van der Waals surface area contributed by atoms with Crippen molar-refractivity contribution in [3.8, 4) is 5.75 Å². The number of rotatable bonds is 7. The number of amides is 1. The fourth-order valence-electron chi connectivity index (χ4n) is 2.45. The van der Waals surface area contributed by atoms with Gasteiger partial charge >= 0.3 is 5.97 Å². The topological polar surface area (TPSA) is 64.6 Å². The minimum absolute atomic E-state index is 0.0103. The van der Waals surface area contributed by atoms with Crippen LogP contribution >= 0.6 is 0 Å². The van der Waals surface area contributed by atoms with Crippen LogP contribution in [0.15, 0.2) is 42.5 Å². The molecule has 0 radical (unpaired) electrons. The normalized spacial score (nSPS) is 11.5. The van der Waals surface area contributed by atoms with Crippen LogP contribution in [0.3, 0.4) is 0 Å². The maximum atomic E-state index is 13.6. The average Bonchev–Trinajstić information content (AvgIpc) is 2.65. The third kappa shape index (κ3) is 4.81. The van der Waals surface area contributed by atoms with Gasteiger partial charge in [-0.1, -0.05) is 32.0 Å². The second-order valence-electron chi connectivity index (χ2n) is 5.87. The molecule has 0 saturated carbocycles. The Morgan fingerprint density at radius 3 is 2.58 bits per heavy atom. The summed E-state index contributed by atoms with van der Waals surface area (Å²) >= 11 is 0. The maximum Gasteiger partial charge on any atom is 0.338 e. The minimum atomic E-state index is -0.781. The summed E-state index contributed by atoms with van der Waals surface area (Å²) in [6.45, 7) is 3.68. The standard InChI is InChI=1S/C20H22FNO4/c1-4-13(2)15-7-5-6-8-17(15)22-19(23)12-26-20(24)14-9-10-18(25-3)16(21)11-14/h5-11,13H,4,12H2,1-3H3,(H,22,23)/t13-/m0/s1. The second kappa shape index (κ2) is 8.99. The Morgan fingerprint density at radius 2 is 1.92 bits per heavy atom. The van der Waals surface area contributed by atoms with E-state index in [1.807, 2.05) is 18.2 Å². The molecule has 6 heteroatoms. The molecule has 0 aromatic heterocycles. The Hall–Kier alpha value is -2.89. The van der Waals surface area contributed by atoms with Crippen molar-refractivity contribution in [1.82, 2.24) is 0 Å². The largest absolute Gasteiger partial charge is 0.494 e. The number of carbonyl (C=O) groups excluding carboxylic acids is 2. The summed E-state index contributed by atoms with van der Waals surface area (Å²) in [5, 5.41) is 2.75. The van der Waals surface area contributed by atoms with Crippen molar-refractivity contribution in [2.24, 2.45) is 0 Å². The number of para-hydroxylation sites is 1. The molecule has 5 nitrogen and oxygen atoms in total. The highest BCUT2D eigenvalue weighted by Gasteiger charge is 2.15. The maximum absolute atomic E-state index is 13.6. The third-order valence-corrected chi connectivity index (χ3v) is 4.10. The van der Waals surface area contributed by atoms with Gasteiger partial charge in [-0.2, -0.15) is 0 Å². The van der Waals surface area contributed by atoms with Crippen molar-refractivity contribution in [1.29, 1.82) is 0 Å². The van der Waals surface area contributed by atoms with E-state index in [-0.39, 0.29) is 17.2 Å². The fraction of sp³-hybridized carbons (Fsp3) is 0.300. The lowest BCUT2D eigenvalue weighted by Gasteiger charge is -2.15. The van der Waals surface area contributed by atoms with Crippen LogP contribution in [0.4, 0.5) is 10.1 Å². The number of hydrogen-bond donors (Lipinski definition) is 1. The highest BCUT2D eigenvalue weighted by molar-refractivity contribution is 5.96. The molecule has 1 amide bonds. The van der Waals surface area contributed by atoms with Crippen LogP contribution in [0, 0.1) is 5.82 Å². The number of halogens is 1. The lowest BCUT2D eigenvalue weighted by molar-refractivity contribution is -0.119. The number of anilines is 1. The molecule has 2 aromatic rings. The van der Waals surface area contributed by atoms with Crippen molar-refractivity contribution >= 4 is 17.6 Å². The van der Waals surface area contributed by atoms with E-state index in [2.05, 4.69) is 19.2 Å². The molecule has 0 bridgehead atoms. The Bertz CT molecular complexity index is 791. The lowest BCUT2D eigenvalue weighted by Crippen LogP contribution is -2.21. The first kappa shape index (κ1) is 19.4. The van der Waals surface area contributed by atoms with Gasteiger partial charge in [-0.15, -0.1) is 0 Å². The van der Waals surface area contributed by atoms with E-state index in [1.54, 1.807) is 6.07 Å². The summed E-state index contributed by atoms with van der Waals surface area (Å²) in [5.41, 5.74) is 1.72. The summed E-state index contributed by atoms with van der Waals surface area (Å²) in [7, 11) is 1.33. The van der Waals surface area contributed by atoms with Gasteiger partial charge in [-0.25, -0.2) is 9.18 Å². The van der Waals surface area contributed by atoms with Crippen molar-refractivity contribution in [3.63, 3.8) is 0 Å². The summed E-state index contributed by atoms with van der Waals surface area (Å²) in [6.07, 6.45) is 0.935. The number of carbonyl (C=O) groups is 2. The van der Waals surface area contributed by atoms with Gasteiger partial charge in [-0.05, 0) is 42.2 Å². The van der Waals surface area contributed by atoms with Gasteiger partial charge in [0.15, 0.2) is 18.2 Å². The molecule has 0 spiro atoms. The molecule has 0 aliphatic heterocycles. The van der Waals surface area contributed by atoms with E-state index in [9.17, 15) is 14.0 Å². The number of hydrogen-bond acceptors (Lipinski definition) is 4. The van der Waals surface area contributed by atoms with E-state index >= 15 is 0 Å².